The van der Waals surface area contributed by atoms with Crippen molar-refractivity contribution < 1.29 is 4.42 Å². The van der Waals surface area contributed by atoms with Gasteiger partial charge in [0.05, 0.1) is 6.26 Å². The zero-order chi connectivity index (χ0) is 12.8. The smallest absolute Gasteiger partial charge is 0.197 e. The number of hydrogen-bond donors (Lipinski definition) is 1. The Labute approximate surface area is 112 Å². The molecule has 4 heteroatoms. The van der Waals surface area contributed by atoms with E-state index in [4.69, 9.17) is 16.0 Å². The Balaban J connectivity index is 2.13. The Bertz CT molecular complexity index is 470. The van der Waals surface area contributed by atoms with E-state index in [1.807, 2.05) is 30.5 Å². The van der Waals surface area contributed by atoms with Gasteiger partial charge in [0.2, 0.25) is 0 Å². The first kappa shape index (κ1) is 13.1. The number of pyridine rings is 1. The second-order valence-electron chi connectivity index (χ2n) is 4.18. The second-order valence-corrected chi connectivity index (χ2v) is 4.52. The predicted molar refractivity (Wildman–Crippen MR) is 72.7 cm³/mol. The second kappa shape index (κ2) is 6.57. The van der Waals surface area contributed by atoms with Crippen molar-refractivity contribution >= 4 is 11.6 Å². The summed E-state index contributed by atoms with van der Waals surface area (Å²) in [5.41, 5.74) is 2.04. The van der Waals surface area contributed by atoms with Gasteiger partial charge in [-0.05, 0) is 42.8 Å². The summed E-state index contributed by atoms with van der Waals surface area (Å²) in [6.07, 6.45) is 5.31. The molecule has 0 aliphatic rings. The van der Waals surface area contributed by atoms with E-state index in [2.05, 4.69) is 17.2 Å². The lowest BCUT2D eigenvalue weighted by Gasteiger charge is -2.17. The van der Waals surface area contributed by atoms with Gasteiger partial charge in [0.1, 0.15) is 0 Å². The van der Waals surface area contributed by atoms with E-state index in [0.717, 1.165) is 30.6 Å². The molecule has 0 spiro atoms. The van der Waals surface area contributed by atoms with Crippen molar-refractivity contribution in [2.75, 3.05) is 6.54 Å². The fourth-order valence-corrected chi connectivity index (χ4v) is 2.14. The molecule has 0 amide bonds. The van der Waals surface area contributed by atoms with Gasteiger partial charge in [-0.2, -0.15) is 0 Å². The Morgan fingerprint density at radius 3 is 2.89 bits per heavy atom. The topological polar surface area (TPSA) is 38.1 Å². The van der Waals surface area contributed by atoms with Crippen LogP contribution in [0.1, 0.15) is 30.6 Å². The van der Waals surface area contributed by atoms with Crippen LogP contribution in [0, 0.1) is 0 Å². The van der Waals surface area contributed by atoms with Crippen LogP contribution in [0.15, 0.2) is 41.1 Å². The van der Waals surface area contributed by atoms with Gasteiger partial charge in [0.25, 0.3) is 0 Å². The number of furan rings is 1. The summed E-state index contributed by atoms with van der Waals surface area (Å²) in [6, 6.07) is 8.00. The van der Waals surface area contributed by atoms with E-state index in [1.54, 1.807) is 6.26 Å². The molecule has 3 nitrogen and oxygen atoms in total. The Hall–Kier alpha value is -1.32. The molecule has 1 atom stereocenters. The molecular formula is C14H17ClN2O. The summed E-state index contributed by atoms with van der Waals surface area (Å²) in [4.78, 5) is 4.35. The van der Waals surface area contributed by atoms with E-state index < -0.39 is 0 Å². The highest BCUT2D eigenvalue weighted by molar-refractivity contribution is 6.29. The zero-order valence-electron chi connectivity index (χ0n) is 10.4. The largest absolute Gasteiger partial charge is 0.453 e. The minimum atomic E-state index is 0.145. The van der Waals surface area contributed by atoms with Crippen molar-refractivity contribution in [2.24, 2.45) is 0 Å². The van der Waals surface area contributed by atoms with Crippen LogP contribution in [0.2, 0.25) is 5.22 Å². The van der Waals surface area contributed by atoms with Gasteiger partial charge in [-0.15, -0.1) is 0 Å². The van der Waals surface area contributed by atoms with Crippen LogP contribution in [-0.4, -0.2) is 11.5 Å². The van der Waals surface area contributed by atoms with Crippen LogP contribution in [-0.2, 0) is 6.42 Å². The van der Waals surface area contributed by atoms with Crippen molar-refractivity contribution in [1.29, 1.82) is 0 Å². The Morgan fingerprint density at radius 1 is 1.39 bits per heavy atom. The number of rotatable bonds is 6. The molecule has 1 N–H and O–H groups in total. The number of halogens is 1. The lowest BCUT2D eigenvalue weighted by Crippen LogP contribution is -2.24. The third-order valence-electron chi connectivity index (χ3n) is 2.80. The zero-order valence-corrected chi connectivity index (χ0v) is 11.2. The van der Waals surface area contributed by atoms with E-state index in [0.29, 0.717) is 5.22 Å². The first-order valence-electron chi connectivity index (χ1n) is 6.17. The predicted octanol–water partition coefficient (Wildman–Crippen LogP) is 3.61. The standard InChI is InChI=1S/C14H17ClN2O/c1-2-7-17-13(12-6-9-18-14(12)15)10-11-5-3-4-8-16-11/h3-6,8-9,13,17H,2,7,10H2,1H3. The van der Waals surface area contributed by atoms with Crippen molar-refractivity contribution in [2.45, 2.75) is 25.8 Å². The summed E-state index contributed by atoms with van der Waals surface area (Å²) in [7, 11) is 0. The van der Waals surface area contributed by atoms with Crippen molar-refractivity contribution in [3.63, 3.8) is 0 Å². The molecule has 2 rings (SSSR count). The van der Waals surface area contributed by atoms with Crippen LogP contribution in [0.5, 0.6) is 0 Å². The fraction of sp³-hybridized carbons (Fsp3) is 0.357. The molecule has 1 unspecified atom stereocenters. The molecular weight excluding hydrogens is 248 g/mol. The first-order chi connectivity index (χ1) is 8.81. The van der Waals surface area contributed by atoms with Gasteiger partial charge in [-0.25, -0.2) is 0 Å². The summed E-state index contributed by atoms with van der Waals surface area (Å²) < 4.78 is 5.17. The summed E-state index contributed by atoms with van der Waals surface area (Å²) in [5, 5.41) is 3.93. The normalized spacial score (nSPS) is 12.6. The molecule has 0 fully saturated rings. The van der Waals surface area contributed by atoms with E-state index >= 15 is 0 Å². The molecule has 0 bridgehead atoms. The van der Waals surface area contributed by atoms with Crippen LogP contribution in [0.3, 0.4) is 0 Å². The van der Waals surface area contributed by atoms with Crippen molar-refractivity contribution in [1.82, 2.24) is 10.3 Å². The maximum Gasteiger partial charge on any atom is 0.197 e. The highest BCUT2D eigenvalue weighted by Gasteiger charge is 2.17. The van der Waals surface area contributed by atoms with Gasteiger partial charge in [0, 0.05) is 29.9 Å². The minimum Gasteiger partial charge on any atom is -0.453 e. The van der Waals surface area contributed by atoms with E-state index in [1.165, 1.54) is 0 Å². The van der Waals surface area contributed by atoms with Crippen molar-refractivity contribution in [3.8, 4) is 0 Å². The summed E-state index contributed by atoms with van der Waals surface area (Å²) >= 11 is 6.05. The fourth-order valence-electron chi connectivity index (χ4n) is 1.89. The van der Waals surface area contributed by atoms with Crippen molar-refractivity contribution in [3.05, 3.63) is 53.2 Å². The Morgan fingerprint density at radius 2 is 2.28 bits per heavy atom. The maximum absolute atomic E-state index is 6.05. The molecule has 0 aromatic carbocycles. The van der Waals surface area contributed by atoms with Crippen LogP contribution >= 0.6 is 11.6 Å². The van der Waals surface area contributed by atoms with E-state index in [-0.39, 0.29) is 6.04 Å². The summed E-state index contributed by atoms with van der Waals surface area (Å²) in [5.74, 6) is 0. The number of nitrogens with one attached hydrogen (secondary N) is 1. The highest BCUT2D eigenvalue weighted by Crippen LogP contribution is 2.26. The first-order valence-corrected chi connectivity index (χ1v) is 6.55. The number of hydrogen-bond acceptors (Lipinski definition) is 3. The minimum absolute atomic E-state index is 0.145. The molecule has 0 saturated heterocycles. The van der Waals surface area contributed by atoms with Gasteiger partial charge >= 0.3 is 0 Å². The monoisotopic (exact) mass is 264 g/mol. The SMILES string of the molecule is CCCNC(Cc1ccccn1)c1ccoc1Cl. The molecule has 0 radical (unpaired) electrons. The molecule has 96 valence electrons. The maximum atomic E-state index is 6.05. The summed E-state index contributed by atoms with van der Waals surface area (Å²) in [6.45, 7) is 3.08. The molecule has 0 aliphatic carbocycles. The van der Waals surface area contributed by atoms with Gasteiger partial charge < -0.3 is 9.73 Å². The average Bonchev–Trinajstić information content (AvgIpc) is 2.82. The van der Waals surface area contributed by atoms with Crippen LogP contribution < -0.4 is 5.32 Å². The van der Waals surface area contributed by atoms with E-state index in [9.17, 15) is 0 Å². The van der Waals surface area contributed by atoms with Crippen LogP contribution in [0.4, 0.5) is 0 Å². The number of nitrogens with zero attached hydrogens (tertiary/aromatic N) is 1. The molecule has 2 heterocycles. The lowest BCUT2D eigenvalue weighted by molar-refractivity contribution is 0.509. The molecule has 2 aromatic heterocycles. The quantitative estimate of drug-likeness (QED) is 0.866. The lowest BCUT2D eigenvalue weighted by atomic mass is 10.0. The van der Waals surface area contributed by atoms with Crippen LogP contribution in [0.25, 0.3) is 0 Å². The third kappa shape index (κ3) is 3.34. The Kier molecular flexibility index (Phi) is 4.79. The van der Waals surface area contributed by atoms with Gasteiger partial charge in [-0.3, -0.25) is 4.98 Å². The highest BCUT2D eigenvalue weighted by atomic mass is 35.5. The van der Waals surface area contributed by atoms with Gasteiger partial charge in [-0.1, -0.05) is 13.0 Å². The molecule has 0 saturated carbocycles. The van der Waals surface area contributed by atoms with Gasteiger partial charge in [0.15, 0.2) is 5.22 Å². The third-order valence-corrected chi connectivity index (χ3v) is 3.11. The number of aromatic nitrogens is 1. The average molecular weight is 265 g/mol. The molecule has 18 heavy (non-hydrogen) atoms. The molecule has 2 aromatic rings. The molecule has 0 aliphatic heterocycles.